The van der Waals surface area contributed by atoms with Crippen molar-refractivity contribution in [1.82, 2.24) is 4.90 Å². The summed E-state index contributed by atoms with van der Waals surface area (Å²) in [6, 6.07) is 13.8. The summed E-state index contributed by atoms with van der Waals surface area (Å²) in [5.41, 5.74) is 1.59. The molecule has 1 N–H and O–H groups in total. The monoisotopic (exact) mass is 379 g/mol. The average molecular weight is 379 g/mol. The van der Waals surface area contributed by atoms with Crippen molar-refractivity contribution >= 4 is 18.0 Å². The number of hydrogen-bond acceptors (Lipinski definition) is 3. The molecule has 0 spiro atoms. The largest absolute Gasteiger partial charge is 0.338 e. The minimum absolute atomic E-state index is 0.168. The summed E-state index contributed by atoms with van der Waals surface area (Å²) in [6.07, 6.45) is 1.75. The maximum atomic E-state index is 15.4. The summed E-state index contributed by atoms with van der Waals surface area (Å²) in [5, 5.41) is 11.5. The zero-order valence-corrected chi connectivity index (χ0v) is 15.7. The molecule has 0 unspecified atom stereocenters. The lowest BCUT2D eigenvalue weighted by atomic mass is 9.85. The van der Waals surface area contributed by atoms with Gasteiger partial charge in [0.1, 0.15) is 5.67 Å². The number of likely N-dealkylation sites (tertiary alicyclic amines) is 1. The van der Waals surface area contributed by atoms with Crippen LogP contribution in [0.25, 0.3) is 0 Å². The molecular formula is C22H22FN3O2. The Labute approximate surface area is 163 Å². The van der Waals surface area contributed by atoms with E-state index in [2.05, 4.69) is 5.32 Å². The van der Waals surface area contributed by atoms with Crippen LogP contribution in [0.3, 0.4) is 0 Å². The Kier molecular flexibility index (Phi) is 5.74. The van der Waals surface area contributed by atoms with Crippen molar-refractivity contribution in [3.8, 4) is 6.07 Å². The number of anilines is 1. The van der Waals surface area contributed by atoms with Crippen molar-refractivity contribution < 1.29 is 14.0 Å². The van der Waals surface area contributed by atoms with Crippen molar-refractivity contribution in [2.24, 2.45) is 0 Å². The van der Waals surface area contributed by atoms with Crippen LogP contribution in [-0.4, -0.2) is 30.3 Å². The van der Waals surface area contributed by atoms with E-state index < -0.39 is 5.67 Å². The van der Waals surface area contributed by atoms with Gasteiger partial charge in [-0.1, -0.05) is 25.1 Å². The molecule has 0 radical (unpaired) electrons. The zero-order valence-electron chi connectivity index (χ0n) is 15.7. The van der Waals surface area contributed by atoms with Gasteiger partial charge in [0.2, 0.25) is 6.41 Å². The highest BCUT2D eigenvalue weighted by atomic mass is 19.1. The van der Waals surface area contributed by atoms with E-state index >= 15 is 4.39 Å². The Morgan fingerprint density at radius 3 is 2.50 bits per heavy atom. The molecule has 28 heavy (non-hydrogen) atoms. The summed E-state index contributed by atoms with van der Waals surface area (Å²) in [4.78, 5) is 25.3. The molecular weight excluding hydrogens is 357 g/mol. The van der Waals surface area contributed by atoms with E-state index in [9.17, 15) is 9.59 Å². The van der Waals surface area contributed by atoms with Gasteiger partial charge in [0.15, 0.2) is 0 Å². The molecule has 0 saturated carbocycles. The highest BCUT2D eigenvalue weighted by Crippen LogP contribution is 2.37. The van der Waals surface area contributed by atoms with Gasteiger partial charge in [-0.25, -0.2) is 4.39 Å². The van der Waals surface area contributed by atoms with Crippen molar-refractivity contribution in [3.63, 3.8) is 0 Å². The first-order chi connectivity index (χ1) is 13.5. The summed E-state index contributed by atoms with van der Waals surface area (Å²) < 4.78 is 15.4. The fourth-order valence-electron chi connectivity index (χ4n) is 3.59. The van der Waals surface area contributed by atoms with Crippen LogP contribution >= 0.6 is 0 Å². The van der Waals surface area contributed by atoms with E-state index in [4.69, 9.17) is 5.26 Å². The Hall–Kier alpha value is -3.20. The number of amides is 2. The van der Waals surface area contributed by atoms with Crippen molar-refractivity contribution in [2.45, 2.75) is 31.9 Å². The molecule has 1 aliphatic heterocycles. The van der Waals surface area contributed by atoms with E-state index in [1.807, 2.05) is 19.1 Å². The number of benzene rings is 2. The molecule has 2 amide bonds. The number of aryl methyl sites for hydroxylation is 1. The molecule has 1 heterocycles. The van der Waals surface area contributed by atoms with Crippen LogP contribution in [-0.2, 0) is 16.9 Å². The quantitative estimate of drug-likeness (QED) is 0.804. The number of hydrogen-bond donors (Lipinski definition) is 1. The van der Waals surface area contributed by atoms with Gasteiger partial charge >= 0.3 is 0 Å². The highest BCUT2D eigenvalue weighted by Gasteiger charge is 2.37. The van der Waals surface area contributed by atoms with Gasteiger partial charge in [0.25, 0.3) is 5.91 Å². The predicted molar refractivity (Wildman–Crippen MR) is 105 cm³/mol. The smallest absolute Gasteiger partial charge is 0.253 e. The predicted octanol–water partition coefficient (Wildman–Crippen LogP) is 3.79. The van der Waals surface area contributed by atoms with Gasteiger partial charge in [-0.2, -0.15) is 5.26 Å². The second-order valence-electron chi connectivity index (χ2n) is 6.93. The van der Waals surface area contributed by atoms with Gasteiger partial charge in [0.05, 0.1) is 11.6 Å². The van der Waals surface area contributed by atoms with Crippen LogP contribution in [0.4, 0.5) is 10.1 Å². The minimum atomic E-state index is -1.50. The lowest BCUT2D eigenvalue weighted by Gasteiger charge is -2.37. The van der Waals surface area contributed by atoms with Crippen molar-refractivity contribution in [3.05, 3.63) is 64.7 Å². The number of rotatable bonds is 5. The van der Waals surface area contributed by atoms with Crippen LogP contribution in [0.15, 0.2) is 42.5 Å². The number of nitrogens with zero attached hydrogens (tertiary/aromatic N) is 2. The summed E-state index contributed by atoms with van der Waals surface area (Å²) in [5.74, 6) is -0.168. The highest BCUT2D eigenvalue weighted by molar-refractivity contribution is 5.96. The summed E-state index contributed by atoms with van der Waals surface area (Å²) in [6.45, 7) is 2.59. The van der Waals surface area contributed by atoms with Gasteiger partial charge < -0.3 is 10.2 Å². The molecule has 6 heteroatoms. The average Bonchev–Trinajstić information content (AvgIpc) is 2.74. The van der Waals surface area contributed by atoms with Crippen LogP contribution in [0.5, 0.6) is 0 Å². The number of carbonyl (C=O) groups is 2. The molecule has 0 atom stereocenters. The molecule has 1 fully saturated rings. The molecule has 0 bridgehead atoms. The molecule has 1 aliphatic rings. The SMILES string of the molecule is CCc1ccc(C(=O)N2CCC(F)(c3ccc(C#N)cc3)CC2)cc1NC=O. The summed E-state index contributed by atoms with van der Waals surface area (Å²) >= 11 is 0. The number of piperidine rings is 1. The first kappa shape index (κ1) is 19.6. The minimum Gasteiger partial charge on any atom is -0.338 e. The first-order valence-electron chi connectivity index (χ1n) is 9.32. The third-order valence-corrected chi connectivity index (χ3v) is 5.33. The topological polar surface area (TPSA) is 73.2 Å². The van der Waals surface area contributed by atoms with Gasteiger partial charge in [0, 0.05) is 37.2 Å². The Morgan fingerprint density at radius 1 is 1.25 bits per heavy atom. The second-order valence-corrected chi connectivity index (χ2v) is 6.93. The molecule has 5 nitrogen and oxygen atoms in total. The zero-order chi connectivity index (χ0) is 20.1. The number of nitrogens with one attached hydrogen (secondary N) is 1. The van der Waals surface area contributed by atoms with E-state index in [-0.39, 0.29) is 18.7 Å². The van der Waals surface area contributed by atoms with E-state index in [1.54, 1.807) is 41.3 Å². The molecule has 2 aromatic rings. The van der Waals surface area contributed by atoms with Crippen LogP contribution in [0.1, 0.15) is 46.8 Å². The lowest BCUT2D eigenvalue weighted by Crippen LogP contribution is -2.43. The van der Waals surface area contributed by atoms with E-state index in [0.29, 0.717) is 41.9 Å². The lowest BCUT2D eigenvalue weighted by molar-refractivity contribution is -0.105. The summed E-state index contributed by atoms with van der Waals surface area (Å²) in [7, 11) is 0. The van der Waals surface area contributed by atoms with E-state index in [0.717, 1.165) is 12.0 Å². The molecule has 0 aliphatic carbocycles. The van der Waals surface area contributed by atoms with Gasteiger partial charge in [-0.15, -0.1) is 0 Å². The normalized spacial score (nSPS) is 15.5. The fourth-order valence-corrected chi connectivity index (χ4v) is 3.59. The van der Waals surface area contributed by atoms with Gasteiger partial charge in [-0.05, 0) is 41.8 Å². The standard InChI is InChI=1S/C22H22FN3O2/c1-2-17-5-6-18(13-20(17)25-15-27)21(28)26-11-9-22(23,10-12-26)19-7-3-16(14-24)4-8-19/h3-8,13,15H,2,9-12H2,1H3,(H,25,27). The Morgan fingerprint density at radius 2 is 1.93 bits per heavy atom. The first-order valence-corrected chi connectivity index (χ1v) is 9.32. The van der Waals surface area contributed by atoms with Crippen LogP contribution in [0.2, 0.25) is 0 Å². The number of carbonyl (C=O) groups excluding carboxylic acids is 2. The molecule has 3 rings (SSSR count). The second kappa shape index (κ2) is 8.22. The Bertz CT molecular complexity index is 910. The molecule has 1 saturated heterocycles. The maximum Gasteiger partial charge on any atom is 0.253 e. The third kappa shape index (κ3) is 3.89. The van der Waals surface area contributed by atoms with Gasteiger partial charge in [-0.3, -0.25) is 9.59 Å². The van der Waals surface area contributed by atoms with E-state index in [1.165, 1.54) is 0 Å². The third-order valence-electron chi connectivity index (χ3n) is 5.33. The molecule has 0 aromatic heterocycles. The van der Waals surface area contributed by atoms with Crippen LogP contribution < -0.4 is 5.32 Å². The van der Waals surface area contributed by atoms with Crippen LogP contribution in [0, 0.1) is 11.3 Å². The fraction of sp³-hybridized carbons (Fsp3) is 0.318. The Balaban J connectivity index is 1.72. The van der Waals surface area contributed by atoms with Crippen molar-refractivity contribution in [2.75, 3.05) is 18.4 Å². The maximum absolute atomic E-state index is 15.4. The number of alkyl halides is 1. The van der Waals surface area contributed by atoms with Crippen molar-refractivity contribution in [1.29, 1.82) is 5.26 Å². The number of nitriles is 1. The number of halogens is 1. The molecule has 144 valence electrons. The molecule has 2 aromatic carbocycles.